The molecule has 63 heavy (non-hydrogen) atoms. The molecule has 13 rings (SSSR count). The normalized spacial score (nSPS) is 11.8. The van der Waals surface area contributed by atoms with Crippen LogP contribution in [0.3, 0.4) is 0 Å². The topological polar surface area (TPSA) is 56.7 Å². The Morgan fingerprint density at radius 2 is 0.905 bits per heavy atom. The van der Waals surface area contributed by atoms with Gasteiger partial charge in [-0.2, -0.15) is 0 Å². The third-order valence-electron chi connectivity index (χ3n) is 12.2. The van der Waals surface area contributed by atoms with Crippen molar-refractivity contribution in [3.05, 3.63) is 206 Å². The van der Waals surface area contributed by atoms with Gasteiger partial charge >= 0.3 is 0 Å². The molecule has 0 saturated carbocycles. The summed E-state index contributed by atoms with van der Waals surface area (Å²) in [4.78, 5) is 15.8. The van der Waals surface area contributed by atoms with Crippen LogP contribution in [0.4, 0.5) is 0 Å². The van der Waals surface area contributed by atoms with Crippen molar-refractivity contribution in [2.75, 3.05) is 0 Å². The van der Waals surface area contributed by atoms with Gasteiger partial charge in [0.05, 0.1) is 16.6 Å². The van der Waals surface area contributed by atoms with Crippen LogP contribution >= 0.6 is 11.3 Å². The molecule has 0 aliphatic rings. The summed E-state index contributed by atoms with van der Waals surface area (Å²) in [6, 6.07) is 72.7. The second-order valence-corrected chi connectivity index (χ2v) is 17.1. The molecule has 0 N–H and O–H groups in total. The maximum Gasteiger partial charge on any atom is 0.167 e. The number of hydrogen-bond acceptors (Lipinski definition) is 5. The van der Waals surface area contributed by atoms with E-state index in [1.54, 1.807) is 11.3 Å². The molecule has 0 spiro atoms. The number of hydrogen-bond donors (Lipinski definition) is 0. The highest BCUT2D eigenvalue weighted by Gasteiger charge is 2.22. The van der Waals surface area contributed by atoms with E-state index in [4.69, 9.17) is 19.4 Å². The van der Waals surface area contributed by atoms with E-state index in [0.29, 0.717) is 17.5 Å². The SMILES string of the molecule is c1ccc(-c2cccc(-c3ccc4c(c3)oc3c(-c5nc(-c6ccccc6)nc(-c6ccc7c(c6)sc6ccccc67)n5)cc(-n5c6ccccc6c6ccccc65)cc34)c2)cc1. The second kappa shape index (κ2) is 14.2. The van der Waals surface area contributed by atoms with Gasteiger partial charge in [-0.1, -0.05) is 152 Å². The van der Waals surface area contributed by atoms with E-state index in [-0.39, 0.29) is 0 Å². The number of aromatic nitrogens is 4. The third-order valence-corrected chi connectivity index (χ3v) is 13.4. The Bertz CT molecular complexity index is 3870. The molecule has 0 saturated heterocycles. The Hall–Kier alpha value is -8.19. The molecule has 5 nitrogen and oxygen atoms in total. The molecule has 0 fully saturated rings. The predicted octanol–water partition coefficient (Wildman–Crippen LogP) is 15.6. The molecule has 294 valence electrons. The van der Waals surface area contributed by atoms with Crippen LogP contribution in [0, 0.1) is 0 Å². The molecule has 0 radical (unpaired) electrons. The van der Waals surface area contributed by atoms with Crippen LogP contribution < -0.4 is 0 Å². The highest BCUT2D eigenvalue weighted by Crippen LogP contribution is 2.42. The zero-order valence-electron chi connectivity index (χ0n) is 33.7. The first-order chi connectivity index (χ1) is 31.2. The summed E-state index contributed by atoms with van der Waals surface area (Å²) in [5.41, 5.74) is 11.9. The molecule has 13 aromatic rings. The van der Waals surface area contributed by atoms with E-state index in [0.717, 1.165) is 66.5 Å². The monoisotopic (exact) mass is 822 g/mol. The molecule has 4 heterocycles. The van der Waals surface area contributed by atoms with Crippen LogP contribution in [0.25, 0.3) is 126 Å². The molecule has 0 aliphatic heterocycles. The summed E-state index contributed by atoms with van der Waals surface area (Å²) in [6.07, 6.45) is 0. The lowest BCUT2D eigenvalue weighted by atomic mass is 9.98. The number of nitrogens with zero attached hydrogens (tertiary/aromatic N) is 4. The molecule has 6 heteroatoms. The van der Waals surface area contributed by atoms with Crippen molar-refractivity contribution in [2.24, 2.45) is 0 Å². The third kappa shape index (κ3) is 5.87. The lowest BCUT2D eigenvalue weighted by Crippen LogP contribution is -2.01. The van der Waals surface area contributed by atoms with Gasteiger partial charge in [0, 0.05) is 58.5 Å². The van der Waals surface area contributed by atoms with Crippen molar-refractivity contribution in [1.82, 2.24) is 19.5 Å². The molecule has 4 aromatic heterocycles. The maximum atomic E-state index is 7.04. The van der Waals surface area contributed by atoms with Crippen molar-refractivity contribution in [1.29, 1.82) is 0 Å². The van der Waals surface area contributed by atoms with Gasteiger partial charge in [0.2, 0.25) is 0 Å². The fraction of sp³-hybridized carbons (Fsp3) is 0. The summed E-state index contributed by atoms with van der Waals surface area (Å²) in [5.74, 6) is 1.74. The maximum absolute atomic E-state index is 7.04. The highest BCUT2D eigenvalue weighted by atomic mass is 32.1. The van der Waals surface area contributed by atoms with Gasteiger partial charge in [0.15, 0.2) is 17.5 Å². The molecule has 0 atom stereocenters. The minimum absolute atomic E-state index is 0.540. The Morgan fingerprint density at radius 1 is 0.349 bits per heavy atom. The fourth-order valence-electron chi connectivity index (χ4n) is 9.25. The highest BCUT2D eigenvalue weighted by molar-refractivity contribution is 7.25. The summed E-state index contributed by atoms with van der Waals surface area (Å²) in [5, 5.41) is 6.88. The zero-order valence-corrected chi connectivity index (χ0v) is 34.6. The summed E-state index contributed by atoms with van der Waals surface area (Å²) in [6.45, 7) is 0. The number of benzene rings is 9. The summed E-state index contributed by atoms with van der Waals surface area (Å²) in [7, 11) is 0. The number of fused-ring (bicyclic) bond motifs is 9. The summed E-state index contributed by atoms with van der Waals surface area (Å²) >= 11 is 1.79. The Labute approximate surface area is 365 Å². The van der Waals surface area contributed by atoms with Gasteiger partial charge < -0.3 is 8.98 Å². The van der Waals surface area contributed by atoms with Crippen molar-refractivity contribution < 1.29 is 4.42 Å². The molecule has 0 unspecified atom stereocenters. The first kappa shape index (κ1) is 35.6. The van der Waals surface area contributed by atoms with Crippen LogP contribution in [0.2, 0.25) is 0 Å². The molecule has 9 aromatic carbocycles. The van der Waals surface area contributed by atoms with Gasteiger partial charge in [-0.25, -0.2) is 15.0 Å². The first-order valence-corrected chi connectivity index (χ1v) is 21.9. The zero-order chi connectivity index (χ0) is 41.4. The average molecular weight is 823 g/mol. The Kier molecular flexibility index (Phi) is 8.01. The molecular formula is C57H34N4OS. The van der Waals surface area contributed by atoms with E-state index in [2.05, 4.69) is 193 Å². The van der Waals surface area contributed by atoms with Crippen molar-refractivity contribution >= 4 is 75.3 Å². The molecule has 0 bridgehead atoms. The minimum Gasteiger partial charge on any atom is -0.455 e. The lowest BCUT2D eigenvalue weighted by molar-refractivity contribution is 0.669. The first-order valence-electron chi connectivity index (χ1n) is 21.1. The van der Waals surface area contributed by atoms with Gasteiger partial charge in [0.1, 0.15) is 11.2 Å². The molecule has 0 aliphatic carbocycles. The van der Waals surface area contributed by atoms with E-state index in [1.165, 1.54) is 42.1 Å². The van der Waals surface area contributed by atoms with E-state index in [9.17, 15) is 0 Å². The largest absolute Gasteiger partial charge is 0.455 e. The number of rotatable bonds is 6. The number of thiophene rings is 1. The average Bonchev–Trinajstić information content (AvgIpc) is 4.03. The Balaban J connectivity index is 1.07. The predicted molar refractivity (Wildman–Crippen MR) is 262 cm³/mol. The van der Waals surface area contributed by atoms with Gasteiger partial charge in [-0.05, 0) is 76.9 Å². The van der Waals surface area contributed by atoms with Crippen LogP contribution in [-0.4, -0.2) is 19.5 Å². The van der Waals surface area contributed by atoms with Crippen LogP contribution in [0.1, 0.15) is 0 Å². The van der Waals surface area contributed by atoms with Crippen molar-refractivity contribution in [2.45, 2.75) is 0 Å². The van der Waals surface area contributed by atoms with Crippen molar-refractivity contribution in [3.63, 3.8) is 0 Å². The van der Waals surface area contributed by atoms with Gasteiger partial charge in [0.25, 0.3) is 0 Å². The van der Waals surface area contributed by atoms with Crippen LogP contribution in [0.15, 0.2) is 211 Å². The second-order valence-electron chi connectivity index (χ2n) is 16.0. The van der Waals surface area contributed by atoms with Gasteiger partial charge in [-0.3, -0.25) is 0 Å². The van der Waals surface area contributed by atoms with E-state index >= 15 is 0 Å². The number of para-hydroxylation sites is 2. The molecule has 0 amide bonds. The van der Waals surface area contributed by atoms with E-state index in [1.807, 2.05) is 18.2 Å². The quantitative estimate of drug-likeness (QED) is 0.168. The minimum atomic E-state index is 0.540. The van der Waals surface area contributed by atoms with E-state index < -0.39 is 0 Å². The van der Waals surface area contributed by atoms with Crippen LogP contribution in [-0.2, 0) is 0 Å². The number of furan rings is 1. The van der Waals surface area contributed by atoms with Crippen molar-refractivity contribution in [3.8, 4) is 62.1 Å². The fourth-order valence-corrected chi connectivity index (χ4v) is 10.4. The molecular weight excluding hydrogens is 789 g/mol. The van der Waals surface area contributed by atoms with Crippen LogP contribution in [0.5, 0.6) is 0 Å². The summed E-state index contributed by atoms with van der Waals surface area (Å²) < 4.78 is 11.8. The smallest absolute Gasteiger partial charge is 0.167 e. The lowest BCUT2D eigenvalue weighted by Gasteiger charge is -2.12. The standard InChI is InChI=1S/C57H34N4OS/c1-3-14-35(15-4-1)37-18-13-19-38(30-37)39-26-28-44-47-33-41(61-49-23-10-7-20-42(49)43-21-8-11-24-50(43)61)34-48(54(47)62-51(44)31-39)57-59-55(36-16-5-2-6-17-36)58-56(60-57)40-27-29-46-45-22-9-12-25-52(45)63-53(46)32-40/h1-34H. The Morgan fingerprint density at radius 3 is 1.67 bits per heavy atom. The van der Waals surface area contributed by atoms with Gasteiger partial charge in [-0.15, -0.1) is 11.3 Å².